The van der Waals surface area contributed by atoms with Crippen LogP contribution in [0.4, 0.5) is 14.5 Å². The highest BCUT2D eigenvalue weighted by atomic mass is 32.1. The molecule has 1 N–H and O–H groups in total. The first-order valence-corrected chi connectivity index (χ1v) is 7.64. The van der Waals surface area contributed by atoms with Gasteiger partial charge < -0.3 is 10.1 Å². The molecule has 4 nitrogen and oxygen atoms in total. The van der Waals surface area contributed by atoms with Crippen molar-refractivity contribution in [2.75, 3.05) is 5.32 Å². The van der Waals surface area contributed by atoms with Gasteiger partial charge in [-0.15, -0.1) is 11.3 Å². The number of halogens is 2. The van der Waals surface area contributed by atoms with Gasteiger partial charge in [-0.25, -0.2) is 13.6 Å². The number of rotatable bonds is 4. The third-order valence-corrected chi connectivity index (χ3v) is 4.09. The van der Waals surface area contributed by atoms with Crippen LogP contribution in [0.2, 0.25) is 0 Å². The SMILES string of the molecule is Cc1cc(C(=O)O[C@@H](C)C(=O)Nc2c(F)cccc2F)c(C)s1. The number of hydrogen-bond donors (Lipinski definition) is 1. The van der Waals surface area contributed by atoms with Gasteiger partial charge in [0.15, 0.2) is 6.10 Å². The highest BCUT2D eigenvalue weighted by Crippen LogP contribution is 2.22. The van der Waals surface area contributed by atoms with Crippen molar-refractivity contribution in [3.05, 3.63) is 51.2 Å². The van der Waals surface area contributed by atoms with Crippen LogP contribution in [0.3, 0.4) is 0 Å². The van der Waals surface area contributed by atoms with E-state index in [2.05, 4.69) is 5.32 Å². The number of ether oxygens (including phenoxy) is 1. The number of benzene rings is 1. The van der Waals surface area contributed by atoms with Crippen molar-refractivity contribution in [3.8, 4) is 0 Å². The third kappa shape index (κ3) is 3.92. The Morgan fingerprint density at radius 1 is 1.22 bits per heavy atom. The minimum Gasteiger partial charge on any atom is -0.449 e. The number of anilines is 1. The van der Waals surface area contributed by atoms with Crippen LogP contribution in [0.1, 0.15) is 27.0 Å². The minimum absolute atomic E-state index is 0.379. The lowest BCUT2D eigenvalue weighted by Gasteiger charge is -2.14. The molecule has 0 fully saturated rings. The quantitative estimate of drug-likeness (QED) is 0.862. The van der Waals surface area contributed by atoms with Crippen LogP contribution in [0.25, 0.3) is 0 Å². The molecule has 122 valence electrons. The van der Waals surface area contributed by atoms with Crippen molar-refractivity contribution < 1.29 is 23.1 Å². The summed E-state index contributed by atoms with van der Waals surface area (Å²) in [7, 11) is 0. The fourth-order valence-electron chi connectivity index (χ4n) is 1.95. The molecule has 23 heavy (non-hydrogen) atoms. The van der Waals surface area contributed by atoms with Gasteiger partial charge in [-0.2, -0.15) is 0 Å². The molecular formula is C16H15F2NO3S. The number of carbonyl (C=O) groups excluding carboxylic acids is 2. The van der Waals surface area contributed by atoms with Crippen LogP contribution in [0.15, 0.2) is 24.3 Å². The molecule has 1 amide bonds. The van der Waals surface area contributed by atoms with Gasteiger partial charge in [0, 0.05) is 9.75 Å². The van der Waals surface area contributed by atoms with E-state index in [1.165, 1.54) is 24.3 Å². The lowest BCUT2D eigenvalue weighted by Crippen LogP contribution is -2.30. The summed E-state index contributed by atoms with van der Waals surface area (Å²) in [5, 5.41) is 2.09. The topological polar surface area (TPSA) is 55.4 Å². The molecule has 0 saturated heterocycles. The fraction of sp³-hybridized carbons (Fsp3) is 0.250. The van der Waals surface area contributed by atoms with Crippen molar-refractivity contribution in [2.45, 2.75) is 26.9 Å². The second-order valence-electron chi connectivity index (χ2n) is 4.96. The van der Waals surface area contributed by atoms with Crippen molar-refractivity contribution in [2.24, 2.45) is 0 Å². The van der Waals surface area contributed by atoms with Crippen LogP contribution in [0.5, 0.6) is 0 Å². The molecule has 2 rings (SSSR count). The van der Waals surface area contributed by atoms with Gasteiger partial charge in [-0.3, -0.25) is 4.79 Å². The van der Waals surface area contributed by atoms with Crippen molar-refractivity contribution in [1.29, 1.82) is 0 Å². The average molecular weight is 339 g/mol. The van der Waals surface area contributed by atoms with Crippen LogP contribution >= 0.6 is 11.3 Å². The van der Waals surface area contributed by atoms with Crippen molar-refractivity contribution in [3.63, 3.8) is 0 Å². The van der Waals surface area contributed by atoms with E-state index in [9.17, 15) is 18.4 Å². The molecule has 0 aliphatic carbocycles. The van der Waals surface area contributed by atoms with Crippen LogP contribution in [0, 0.1) is 25.5 Å². The molecular weight excluding hydrogens is 324 g/mol. The highest BCUT2D eigenvalue weighted by Gasteiger charge is 2.23. The molecule has 0 bridgehead atoms. The Labute approximate surface area is 136 Å². The number of nitrogens with one attached hydrogen (secondary N) is 1. The number of esters is 1. The van der Waals surface area contributed by atoms with Gasteiger partial charge in [-0.05, 0) is 39.0 Å². The number of amides is 1. The largest absolute Gasteiger partial charge is 0.449 e. The molecule has 1 aromatic carbocycles. The Bertz CT molecular complexity index is 738. The van der Waals surface area contributed by atoms with E-state index in [-0.39, 0.29) is 0 Å². The van der Waals surface area contributed by atoms with E-state index < -0.39 is 35.3 Å². The lowest BCUT2D eigenvalue weighted by atomic mass is 10.2. The molecule has 0 spiro atoms. The molecule has 0 radical (unpaired) electrons. The Morgan fingerprint density at radius 2 is 1.83 bits per heavy atom. The standard InChI is InChI=1S/C16H15F2NO3S/c1-8-7-11(10(3)23-8)16(21)22-9(2)15(20)19-14-12(17)5-4-6-13(14)18/h4-7,9H,1-3H3,(H,19,20)/t9-/m0/s1. The normalized spacial score (nSPS) is 11.9. The lowest BCUT2D eigenvalue weighted by molar-refractivity contribution is -0.123. The molecule has 1 atom stereocenters. The summed E-state index contributed by atoms with van der Waals surface area (Å²) in [5.74, 6) is -3.27. The highest BCUT2D eigenvalue weighted by molar-refractivity contribution is 7.12. The van der Waals surface area contributed by atoms with Gasteiger partial charge in [0.05, 0.1) is 5.56 Å². The van der Waals surface area contributed by atoms with Gasteiger partial charge in [0.2, 0.25) is 0 Å². The summed E-state index contributed by atoms with van der Waals surface area (Å²) in [6, 6.07) is 4.90. The number of thiophene rings is 1. The summed E-state index contributed by atoms with van der Waals surface area (Å²) >= 11 is 1.44. The third-order valence-electron chi connectivity index (χ3n) is 3.12. The Hall–Kier alpha value is -2.28. The first kappa shape index (κ1) is 17.1. The molecule has 0 aliphatic rings. The molecule has 1 aromatic heterocycles. The van der Waals surface area contributed by atoms with Crippen LogP contribution < -0.4 is 5.32 Å². The van der Waals surface area contributed by atoms with Gasteiger partial charge >= 0.3 is 5.97 Å². The molecule has 0 aliphatic heterocycles. The van der Waals surface area contributed by atoms with Crippen LogP contribution in [-0.2, 0) is 9.53 Å². The van der Waals surface area contributed by atoms with E-state index in [0.717, 1.165) is 21.9 Å². The van der Waals surface area contributed by atoms with Gasteiger partial charge in [0.25, 0.3) is 5.91 Å². The maximum Gasteiger partial charge on any atom is 0.340 e. The zero-order valence-corrected chi connectivity index (χ0v) is 13.6. The second-order valence-corrected chi connectivity index (χ2v) is 6.42. The summed E-state index contributed by atoms with van der Waals surface area (Å²) in [5.41, 5.74) is -0.188. The maximum absolute atomic E-state index is 13.5. The van der Waals surface area contributed by atoms with Gasteiger partial charge in [0.1, 0.15) is 17.3 Å². The summed E-state index contributed by atoms with van der Waals surface area (Å²) in [6.07, 6.45) is -1.19. The zero-order valence-electron chi connectivity index (χ0n) is 12.8. The number of carbonyl (C=O) groups is 2. The van der Waals surface area contributed by atoms with Crippen molar-refractivity contribution >= 4 is 28.9 Å². The predicted molar refractivity (Wildman–Crippen MR) is 83.7 cm³/mol. The van der Waals surface area contributed by atoms with Crippen LogP contribution in [-0.4, -0.2) is 18.0 Å². The molecule has 0 saturated carbocycles. The number of aryl methyl sites for hydroxylation is 2. The molecule has 0 unspecified atom stereocenters. The van der Waals surface area contributed by atoms with E-state index in [1.54, 1.807) is 13.0 Å². The van der Waals surface area contributed by atoms with E-state index in [4.69, 9.17) is 4.74 Å². The summed E-state index contributed by atoms with van der Waals surface area (Å²) < 4.78 is 32.0. The molecule has 1 heterocycles. The zero-order chi connectivity index (χ0) is 17.1. The Kier molecular flexibility index (Phi) is 5.10. The first-order chi connectivity index (χ1) is 10.8. The predicted octanol–water partition coefficient (Wildman–Crippen LogP) is 3.83. The summed E-state index contributed by atoms with van der Waals surface area (Å²) in [6.45, 7) is 4.96. The summed E-state index contributed by atoms with van der Waals surface area (Å²) in [4.78, 5) is 25.7. The van der Waals surface area contributed by atoms with E-state index in [1.807, 2.05) is 6.92 Å². The smallest absolute Gasteiger partial charge is 0.340 e. The average Bonchev–Trinajstić information content (AvgIpc) is 2.81. The number of hydrogen-bond acceptors (Lipinski definition) is 4. The Balaban J connectivity index is 2.06. The number of para-hydroxylation sites is 1. The van der Waals surface area contributed by atoms with Crippen molar-refractivity contribution in [1.82, 2.24) is 0 Å². The molecule has 7 heteroatoms. The van der Waals surface area contributed by atoms with E-state index in [0.29, 0.717) is 5.56 Å². The maximum atomic E-state index is 13.5. The van der Waals surface area contributed by atoms with Gasteiger partial charge in [-0.1, -0.05) is 6.07 Å². The second kappa shape index (κ2) is 6.87. The monoisotopic (exact) mass is 339 g/mol. The Morgan fingerprint density at radius 3 is 2.35 bits per heavy atom. The molecule has 2 aromatic rings. The first-order valence-electron chi connectivity index (χ1n) is 6.82. The minimum atomic E-state index is -1.19. The fourth-order valence-corrected chi connectivity index (χ4v) is 2.87. The van der Waals surface area contributed by atoms with E-state index >= 15 is 0 Å².